The third-order valence-corrected chi connectivity index (χ3v) is 1.44. The van der Waals surface area contributed by atoms with E-state index in [2.05, 4.69) is 0 Å². The highest BCUT2D eigenvalue weighted by Gasteiger charge is 2.28. The molecule has 0 unspecified atom stereocenters. The first kappa shape index (κ1) is 12.2. The molecule has 78 valence electrons. The molecule has 0 saturated heterocycles. The van der Waals surface area contributed by atoms with E-state index in [0.717, 1.165) is 0 Å². The number of hydrogen-bond donors (Lipinski definition) is 2. The van der Waals surface area contributed by atoms with Crippen molar-refractivity contribution in [2.75, 3.05) is 20.1 Å². The molecule has 0 aromatic rings. The molecule has 3 nitrogen and oxygen atoms in total. The summed E-state index contributed by atoms with van der Waals surface area (Å²) in [7, 11) is 1.40. The molecule has 0 bridgehead atoms. The molecule has 0 rings (SSSR count). The summed E-state index contributed by atoms with van der Waals surface area (Å²) in [6.07, 6.45) is -3.31. The maximum Gasteiger partial charge on any atom is 0.401 e. The summed E-state index contributed by atoms with van der Waals surface area (Å²) in [5, 5.41) is 6.86. The molecule has 0 fully saturated rings. The number of nitrogens with two attached hydrogens (primary N) is 1. The van der Waals surface area contributed by atoms with Crippen molar-refractivity contribution in [3.8, 4) is 0 Å². The van der Waals surface area contributed by atoms with E-state index < -0.39 is 12.7 Å². The van der Waals surface area contributed by atoms with Gasteiger partial charge in [0.05, 0.1) is 12.4 Å². The van der Waals surface area contributed by atoms with E-state index in [1.165, 1.54) is 11.9 Å². The molecule has 0 aromatic carbocycles. The molecule has 3 N–H and O–H groups in total. The van der Waals surface area contributed by atoms with Gasteiger partial charge in [0, 0.05) is 6.42 Å². The second-order valence-electron chi connectivity index (χ2n) is 2.98. The van der Waals surface area contributed by atoms with Crippen molar-refractivity contribution in [1.29, 1.82) is 5.41 Å². The number of hydrogen-bond acceptors (Lipinski definition) is 2. The van der Waals surface area contributed by atoms with Crippen molar-refractivity contribution in [3.05, 3.63) is 0 Å². The smallest absolute Gasteiger partial charge is 0.388 e. The fourth-order valence-electron chi connectivity index (χ4n) is 0.925. The van der Waals surface area contributed by atoms with Crippen LogP contribution in [0.3, 0.4) is 0 Å². The number of alkyl halides is 3. The Morgan fingerprint density at radius 1 is 1.46 bits per heavy atom. The van der Waals surface area contributed by atoms with Gasteiger partial charge < -0.3 is 5.73 Å². The van der Waals surface area contributed by atoms with E-state index in [-0.39, 0.29) is 5.84 Å². The standard InChI is InChI=1S/C7H14F3N3/c1-13(5-7(8,9)10)4-2-3-6(11)12/h2-5H2,1H3,(H3,11,12). The van der Waals surface area contributed by atoms with Gasteiger partial charge in [-0.05, 0) is 20.0 Å². The van der Waals surface area contributed by atoms with E-state index in [9.17, 15) is 13.2 Å². The molecular formula is C7H14F3N3. The third-order valence-electron chi connectivity index (χ3n) is 1.44. The van der Waals surface area contributed by atoms with Gasteiger partial charge in [-0.25, -0.2) is 0 Å². The summed E-state index contributed by atoms with van der Waals surface area (Å²) >= 11 is 0. The van der Waals surface area contributed by atoms with Gasteiger partial charge in [0.25, 0.3) is 0 Å². The van der Waals surface area contributed by atoms with E-state index in [4.69, 9.17) is 11.1 Å². The highest BCUT2D eigenvalue weighted by Crippen LogP contribution is 2.15. The Bertz CT molecular complexity index is 167. The summed E-state index contributed by atoms with van der Waals surface area (Å²) < 4.78 is 35.3. The Balaban J connectivity index is 3.52. The Morgan fingerprint density at radius 2 is 2.00 bits per heavy atom. The fourth-order valence-corrected chi connectivity index (χ4v) is 0.925. The maximum absolute atomic E-state index is 11.8. The molecule has 0 aliphatic rings. The molecule has 0 aliphatic heterocycles. The lowest BCUT2D eigenvalue weighted by molar-refractivity contribution is -0.143. The van der Waals surface area contributed by atoms with E-state index in [0.29, 0.717) is 19.4 Å². The van der Waals surface area contributed by atoms with Crippen LogP contribution in [0.4, 0.5) is 13.2 Å². The Hall–Kier alpha value is -0.780. The first-order chi connectivity index (χ1) is 5.81. The molecule has 0 aliphatic carbocycles. The highest BCUT2D eigenvalue weighted by atomic mass is 19.4. The van der Waals surface area contributed by atoms with E-state index in [1.807, 2.05) is 0 Å². The van der Waals surface area contributed by atoms with Crippen LogP contribution in [0.1, 0.15) is 12.8 Å². The SMILES string of the molecule is CN(CCCC(=N)N)CC(F)(F)F. The van der Waals surface area contributed by atoms with Crippen LogP contribution in [0.5, 0.6) is 0 Å². The Labute approximate surface area is 75.2 Å². The van der Waals surface area contributed by atoms with E-state index in [1.54, 1.807) is 0 Å². The number of amidine groups is 1. The Morgan fingerprint density at radius 3 is 2.38 bits per heavy atom. The second-order valence-corrected chi connectivity index (χ2v) is 2.98. The minimum Gasteiger partial charge on any atom is -0.388 e. The molecule has 0 amide bonds. The highest BCUT2D eigenvalue weighted by molar-refractivity contribution is 5.76. The van der Waals surface area contributed by atoms with Gasteiger partial charge in [-0.2, -0.15) is 13.2 Å². The van der Waals surface area contributed by atoms with E-state index >= 15 is 0 Å². The van der Waals surface area contributed by atoms with Gasteiger partial charge in [-0.15, -0.1) is 0 Å². The second kappa shape index (κ2) is 5.06. The summed E-state index contributed by atoms with van der Waals surface area (Å²) in [5.41, 5.74) is 5.05. The lowest BCUT2D eigenvalue weighted by Crippen LogP contribution is -2.32. The average Bonchev–Trinajstić information content (AvgIpc) is 1.81. The largest absolute Gasteiger partial charge is 0.401 e. The van der Waals surface area contributed by atoms with Crippen molar-refractivity contribution in [3.63, 3.8) is 0 Å². The zero-order valence-electron chi connectivity index (χ0n) is 7.49. The first-order valence-electron chi connectivity index (χ1n) is 3.89. The Kier molecular flexibility index (Phi) is 4.76. The quantitative estimate of drug-likeness (QED) is 0.514. The maximum atomic E-state index is 11.8. The molecule has 0 spiro atoms. The summed E-state index contributed by atoms with van der Waals surface area (Å²) in [6, 6.07) is 0. The van der Waals surface area contributed by atoms with Crippen LogP contribution in [0.25, 0.3) is 0 Å². The van der Waals surface area contributed by atoms with Crippen LogP contribution >= 0.6 is 0 Å². The minimum atomic E-state index is -4.15. The molecule has 0 heterocycles. The number of rotatable bonds is 5. The molecule has 0 atom stereocenters. The monoisotopic (exact) mass is 197 g/mol. The summed E-state index contributed by atoms with van der Waals surface area (Å²) in [4.78, 5) is 1.17. The van der Waals surface area contributed by atoms with Gasteiger partial charge in [-0.3, -0.25) is 10.3 Å². The molecule has 0 saturated carbocycles. The lowest BCUT2D eigenvalue weighted by Gasteiger charge is -2.17. The van der Waals surface area contributed by atoms with Crippen LogP contribution in [-0.4, -0.2) is 37.0 Å². The van der Waals surface area contributed by atoms with Crippen molar-refractivity contribution in [1.82, 2.24) is 4.90 Å². The molecule has 0 radical (unpaired) electrons. The van der Waals surface area contributed by atoms with Gasteiger partial charge >= 0.3 is 6.18 Å². The van der Waals surface area contributed by atoms with Crippen molar-refractivity contribution in [2.24, 2.45) is 5.73 Å². The van der Waals surface area contributed by atoms with Crippen LogP contribution in [-0.2, 0) is 0 Å². The predicted molar refractivity (Wildman–Crippen MR) is 44.7 cm³/mol. The van der Waals surface area contributed by atoms with Gasteiger partial charge in [0.1, 0.15) is 0 Å². The average molecular weight is 197 g/mol. The van der Waals surface area contributed by atoms with Crippen molar-refractivity contribution >= 4 is 5.84 Å². The number of nitrogens with one attached hydrogen (secondary N) is 1. The van der Waals surface area contributed by atoms with Gasteiger partial charge in [-0.1, -0.05) is 0 Å². The summed E-state index contributed by atoms with van der Waals surface area (Å²) in [5.74, 6) is 0.0143. The minimum absolute atomic E-state index is 0.0143. The molecule has 6 heteroatoms. The third kappa shape index (κ3) is 9.13. The zero-order chi connectivity index (χ0) is 10.5. The van der Waals surface area contributed by atoms with Crippen LogP contribution in [0.15, 0.2) is 0 Å². The van der Waals surface area contributed by atoms with Gasteiger partial charge in [0.15, 0.2) is 0 Å². The lowest BCUT2D eigenvalue weighted by atomic mass is 10.3. The predicted octanol–water partition coefficient (Wildman–Crippen LogP) is 1.20. The van der Waals surface area contributed by atoms with Crippen LogP contribution in [0.2, 0.25) is 0 Å². The molecule has 0 aromatic heterocycles. The van der Waals surface area contributed by atoms with Gasteiger partial charge in [0.2, 0.25) is 0 Å². The summed E-state index contributed by atoms with van der Waals surface area (Å²) in [6.45, 7) is -0.607. The normalized spacial score (nSPS) is 12.1. The van der Waals surface area contributed by atoms with Crippen molar-refractivity contribution in [2.45, 2.75) is 19.0 Å². The topological polar surface area (TPSA) is 53.1 Å². The first-order valence-corrected chi connectivity index (χ1v) is 3.89. The molecule has 13 heavy (non-hydrogen) atoms. The zero-order valence-corrected chi connectivity index (χ0v) is 7.49. The molecular weight excluding hydrogens is 183 g/mol. The van der Waals surface area contributed by atoms with Crippen LogP contribution < -0.4 is 5.73 Å². The number of halogens is 3. The van der Waals surface area contributed by atoms with Crippen molar-refractivity contribution < 1.29 is 13.2 Å². The van der Waals surface area contributed by atoms with Crippen LogP contribution in [0, 0.1) is 5.41 Å². The fraction of sp³-hybridized carbons (Fsp3) is 0.857. The number of nitrogens with zero attached hydrogens (tertiary/aromatic N) is 1.